The predicted molar refractivity (Wildman–Crippen MR) is 118 cm³/mol. The van der Waals surface area contributed by atoms with Gasteiger partial charge in [-0.25, -0.2) is 8.42 Å². The number of hydrogen-bond acceptors (Lipinski definition) is 4. The smallest absolute Gasteiger partial charge is 0.321 e. The van der Waals surface area contributed by atoms with Crippen LogP contribution in [0.25, 0.3) is 0 Å². The van der Waals surface area contributed by atoms with Gasteiger partial charge in [0, 0.05) is 18.3 Å². The summed E-state index contributed by atoms with van der Waals surface area (Å²) in [7, 11) is -3.53. The van der Waals surface area contributed by atoms with Crippen molar-refractivity contribution in [2.24, 2.45) is 0 Å². The Labute approximate surface area is 176 Å². The van der Waals surface area contributed by atoms with Gasteiger partial charge in [-0.2, -0.15) is 0 Å². The van der Waals surface area contributed by atoms with Crippen LogP contribution in [0.4, 0.5) is 0 Å². The molecule has 3 rings (SSSR count). The number of carbonyl (C=O) groups is 1. The second-order valence-electron chi connectivity index (χ2n) is 8.52. The van der Waals surface area contributed by atoms with Crippen LogP contribution in [0.1, 0.15) is 76.2 Å². The molecule has 0 spiro atoms. The van der Waals surface area contributed by atoms with E-state index in [2.05, 4.69) is 5.32 Å². The number of sulfone groups is 1. The number of aliphatic carboxylic acids is 1. The average molecular weight is 424 g/mol. The molecule has 164 valence electrons. The van der Waals surface area contributed by atoms with Crippen molar-refractivity contribution in [3.8, 4) is 0 Å². The molecule has 0 heterocycles. The highest BCUT2D eigenvalue weighted by atomic mass is 32.2. The van der Waals surface area contributed by atoms with Gasteiger partial charge in [0.2, 0.25) is 0 Å². The van der Waals surface area contributed by atoms with E-state index in [1.807, 2.05) is 30.3 Å². The Balaban J connectivity index is 0.000000211. The molecule has 0 saturated heterocycles. The standard InChI is InChI=1S/C12H23N.C11H14O4S/c1-3-7-11(8-4-1)13-12-9-5-2-6-10-12;1-16(14,15)10(11(12)13)8-7-9-5-3-2-4-6-9/h11-13H,1-10H2;2-6,10H,7-8H2,1H3,(H,12,13). The maximum absolute atomic E-state index is 11.2. The predicted octanol–water partition coefficient (Wildman–Crippen LogP) is 4.36. The number of benzene rings is 1. The van der Waals surface area contributed by atoms with Gasteiger partial charge in [-0.3, -0.25) is 4.79 Å². The fourth-order valence-electron chi connectivity index (χ4n) is 4.33. The Morgan fingerprint density at radius 1 is 0.966 bits per heavy atom. The molecule has 2 N–H and O–H groups in total. The maximum Gasteiger partial charge on any atom is 0.321 e. The van der Waals surface area contributed by atoms with Crippen molar-refractivity contribution in [1.82, 2.24) is 5.32 Å². The van der Waals surface area contributed by atoms with Crippen molar-refractivity contribution < 1.29 is 18.3 Å². The van der Waals surface area contributed by atoms with Gasteiger partial charge >= 0.3 is 5.97 Å². The highest BCUT2D eigenvalue weighted by Crippen LogP contribution is 2.22. The monoisotopic (exact) mass is 423 g/mol. The molecular weight excluding hydrogens is 386 g/mol. The lowest BCUT2D eigenvalue weighted by Gasteiger charge is -2.30. The lowest BCUT2D eigenvalue weighted by molar-refractivity contribution is -0.136. The van der Waals surface area contributed by atoms with Gasteiger partial charge in [0.05, 0.1) is 0 Å². The minimum absolute atomic E-state index is 0.109. The van der Waals surface area contributed by atoms with E-state index in [1.165, 1.54) is 64.2 Å². The van der Waals surface area contributed by atoms with Crippen LogP contribution in [0.3, 0.4) is 0 Å². The van der Waals surface area contributed by atoms with Gasteiger partial charge in [-0.1, -0.05) is 68.9 Å². The van der Waals surface area contributed by atoms with Gasteiger partial charge in [-0.05, 0) is 44.1 Å². The molecule has 29 heavy (non-hydrogen) atoms. The van der Waals surface area contributed by atoms with Crippen LogP contribution in [0.15, 0.2) is 30.3 Å². The topological polar surface area (TPSA) is 83.5 Å². The first kappa shape index (κ1) is 23.9. The normalized spacial score (nSPS) is 19.8. The average Bonchev–Trinajstić information content (AvgIpc) is 2.70. The fraction of sp³-hybridized carbons (Fsp3) is 0.696. The summed E-state index contributed by atoms with van der Waals surface area (Å²) >= 11 is 0. The molecule has 0 radical (unpaired) electrons. The van der Waals surface area contributed by atoms with E-state index in [9.17, 15) is 13.2 Å². The minimum Gasteiger partial charge on any atom is -0.480 e. The molecule has 0 amide bonds. The minimum atomic E-state index is -3.53. The van der Waals surface area contributed by atoms with Crippen LogP contribution in [0, 0.1) is 0 Å². The zero-order valence-corrected chi connectivity index (χ0v) is 18.5. The van der Waals surface area contributed by atoms with E-state index >= 15 is 0 Å². The summed E-state index contributed by atoms with van der Waals surface area (Å²) in [6, 6.07) is 11.0. The third-order valence-corrected chi connectivity index (χ3v) is 7.48. The maximum atomic E-state index is 11.2. The van der Waals surface area contributed by atoms with Crippen molar-refractivity contribution in [3.63, 3.8) is 0 Å². The summed E-state index contributed by atoms with van der Waals surface area (Å²) in [5.41, 5.74) is 0.942. The van der Waals surface area contributed by atoms with E-state index in [1.54, 1.807) is 0 Å². The quantitative estimate of drug-likeness (QED) is 0.681. The highest BCUT2D eigenvalue weighted by molar-refractivity contribution is 7.92. The Hall–Kier alpha value is -1.40. The molecule has 1 atom stereocenters. The van der Waals surface area contributed by atoms with E-state index in [0.717, 1.165) is 23.9 Å². The van der Waals surface area contributed by atoms with E-state index < -0.39 is 21.1 Å². The molecule has 0 aromatic heterocycles. The highest BCUT2D eigenvalue weighted by Gasteiger charge is 2.27. The summed E-state index contributed by atoms with van der Waals surface area (Å²) in [6.45, 7) is 0. The SMILES string of the molecule is C1CCC(NC2CCCCC2)CC1.CS(=O)(=O)C(CCc1ccccc1)C(=O)O. The first-order chi connectivity index (χ1) is 13.9. The molecule has 6 heteroatoms. The molecule has 2 aliphatic carbocycles. The van der Waals surface area contributed by atoms with E-state index in [4.69, 9.17) is 5.11 Å². The van der Waals surface area contributed by atoms with E-state index in [-0.39, 0.29) is 6.42 Å². The van der Waals surface area contributed by atoms with Gasteiger partial charge in [0.1, 0.15) is 0 Å². The van der Waals surface area contributed by atoms with Crippen LogP contribution in [-0.2, 0) is 21.1 Å². The zero-order valence-electron chi connectivity index (χ0n) is 17.7. The number of rotatable bonds is 7. The van der Waals surface area contributed by atoms with Crippen molar-refractivity contribution in [1.29, 1.82) is 0 Å². The van der Waals surface area contributed by atoms with Gasteiger partial charge in [0.25, 0.3) is 0 Å². The van der Waals surface area contributed by atoms with Crippen LogP contribution < -0.4 is 5.32 Å². The second kappa shape index (κ2) is 12.3. The largest absolute Gasteiger partial charge is 0.480 e. The summed E-state index contributed by atoms with van der Waals surface area (Å²) < 4.78 is 22.4. The molecular formula is C23H37NO4S. The molecule has 1 aromatic carbocycles. The van der Waals surface area contributed by atoms with Crippen LogP contribution >= 0.6 is 0 Å². The number of aryl methyl sites for hydroxylation is 1. The second-order valence-corrected chi connectivity index (χ2v) is 10.7. The lowest BCUT2D eigenvalue weighted by atomic mass is 9.91. The van der Waals surface area contributed by atoms with Gasteiger partial charge in [-0.15, -0.1) is 0 Å². The van der Waals surface area contributed by atoms with Crippen LogP contribution in [-0.4, -0.2) is 43.1 Å². The number of carboxylic acids is 1. The van der Waals surface area contributed by atoms with Crippen molar-refractivity contribution in [2.45, 2.75) is 94.4 Å². The fourth-order valence-corrected chi connectivity index (χ4v) is 5.25. The van der Waals surface area contributed by atoms with Crippen molar-refractivity contribution >= 4 is 15.8 Å². The number of carboxylic acid groups (broad SMARTS) is 1. The summed E-state index contributed by atoms with van der Waals surface area (Å²) in [4.78, 5) is 10.8. The lowest BCUT2D eigenvalue weighted by Crippen LogP contribution is -2.40. The Morgan fingerprint density at radius 2 is 1.45 bits per heavy atom. The molecule has 1 aromatic rings. The van der Waals surface area contributed by atoms with E-state index in [0.29, 0.717) is 6.42 Å². The molecule has 5 nitrogen and oxygen atoms in total. The summed E-state index contributed by atoms with van der Waals surface area (Å²) in [6.07, 6.45) is 16.1. The van der Waals surface area contributed by atoms with Gasteiger partial charge in [0.15, 0.2) is 15.1 Å². The number of nitrogens with one attached hydrogen (secondary N) is 1. The Bertz CT molecular complexity index is 677. The summed E-state index contributed by atoms with van der Waals surface area (Å²) in [5.74, 6) is -1.28. The Kier molecular flexibility index (Phi) is 10.2. The molecule has 2 aliphatic rings. The third kappa shape index (κ3) is 9.30. The molecule has 0 bridgehead atoms. The molecule has 0 aliphatic heterocycles. The summed E-state index contributed by atoms with van der Waals surface area (Å²) in [5, 5.41) is 11.4. The van der Waals surface area contributed by atoms with Crippen molar-refractivity contribution in [3.05, 3.63) is 35.9 Å². The first-order valence-corrected chi connectivity index (χ1v) is 13.0. The number of hydrogen-bond donors (Lipinski definition) is 2. The molecule has 1 unspecified atom stereocenters. The molecule has 2 fully saturated rings. The zero-order chi connectivity index (χ0) is 21.1. The first-order valence-electron chi connectivity index (χ1n) is 11.1. The third-order valence-electron chi connectivity index (χ3n) is 6.01. The molecule has 2 saturated carbocycles. The van der Waals surface area contributed by atoms with Gasteiger partial charge < -0.3 is 10.4 Å². The Morgan fingerprint density at radius 3 is 1.86 bits per heavy atom. The van der Waals surface area contributed by atoms with Crippen molar-refractivity contribution in [2.75, 3.05) is 6.26 Å². The van der Waals surface area contributed by atoms with Crippen LogP contribution in [0.5, 0.6) is 0 Å². The van der Waals surface area contributed by atoms with Crippen LogP contribution in [0.2, 0.25) is 0 Å².